The van der Waals surface area contributed by atoms with Gasteiger partial charge < -0.3 is 4.90 Å². The third kappa shape index (κ3) is 2.33. The molecule has 1 aromatic rings. The molecule has 0 bridgehead atoms. The van der Waals surface area contributed by atoms with Crippen molar-refractivity contribution in [1.29, 1.82) is 5.26 Å². The molecule has 0 aliphatic rings. The first-order valence-corrected chi connectivity index (χ1v) is 4.53. The SMILES string of the molecule is CCN(CC)c1cc(NC#N)ncn1. The number of anilines is 2. The molecule has 74 valence electrons. The molecule has 0 saturated carbocycles. The second-order valence-electron chi connectivity index (χ2n) is 2.67. The lowest BCUT2D eigenvalue weighted by Gasteiger charge is -2.19. The summed E-state index contributed by atoms with van der Waals surface area (Å²) in [6, 6.07) is 1.76. The summed E-state index contributed by atoms with van der Waals surface area (Å²) in [5.41, 5.74) is 0. The first kappa shape index (κ1) is 10.3. The molecule has 1 aromatic heterocycles. The van der Waals surface area contributed by atoms with Crippen LogP contribution in [0.3, 0.4) is 0 Å². The molecule has 0 aliphatic heterocycles. The predicted molar refractivity (Wildman–Crippen MR) is 54.8 cm³/mol. The summed E-state index contributed by atoms with van der Waals surface area (Å²) in [7, 11) is 0. The van der Waals surface area contributed by atoms with Gasteiger partial charge in [0.2, 0.25) is 0 Å². The lowest BCUT2D eigenvalue weighted by atomic mass is 10.4. The van der Waals surface area contributed by atoms with Gasteiger partial charge in [0.25, 0.3) is 0 Å². The molecule has 0 aromatic carbocycles. The van der Waals surface area contributed by atoms with Crippen molar-refractivity contribution >= 4 is 11.6 Å². The maximum atomic E-state index is 8.43. The van der Waals surface area contributed by atoms with Gasteiger partial charge in [0.05, 0.1) is 0 Å². The zero-order chi connectivity index (χ0) is 10.4. The Morgan fingerprint density at radius 1 is 1.43 bits per heavy atom. The molecule has 0 fully saturated rings. The smallest absolute Gasteiger partial charge is 0.182 e. The minimum atomic E-state index is 0.532. The van der Waals surface area contributed by atoms with E-state index in [1.807, 2.05) is 6.19 Å². The van der Waals surface area contributed by atoms with Gasteiger partial charge in [-0.1, -0.05) is 0 Å². The molecular formula is C9H13N5. The third-order valence-electron chi connectivity index (χ3n) is 1.92. The Balaban J connectivity index is 2.87. The average molecular weight is 191 g/mol. The summed E-state index contributed by atoms with van der Waals surface area (Å²) in [5, 5.41) is 10.9. The Morgan fingerprint density at radius 2 is 2.14 bits per heavy atom. The fourth-order valence-electron chi connectivity index (χ4n) is 1.19. The van der Waals surface area contributed by atoms with Gasteiger partial charge in [0, 0.05) is 19.2 Å². The minimum absolute atomic E-state index is 0.532. The van der Waals surface area contributed by atoms with E-state index in [9.17, 15) is 0 Å². The predicted octanol–water partition coefficient (Wildman–Crippen LogP) is 1.22. The Kier molecular flexibility index (Phi) is 3.68. The van der Waals surface area contributed by atoms with Crippen LogP contribution in [0.4, 0.5) is 11.6 Å². The van der Waals surface area contributed by atoms with Crippen molar-refractivity contribution in [1.82, 2.24) is 9.97 Å². The molecule has 0 aliphatic carbocycles. The van der Waals surface area contributed by atoms with Crippen LogP contribution in [0.2, 0.25) is 0 Å². The quantitative estimate of drug-likeness (QED) is 0.572. The maximum Gasteiger partial charge on any atom is 0.182 e. The van der Waals surface area contributed by atoms with E-state index in [2.05, 4.69) is 34.0 Å². The van der Waals surface area contributed by atoms with E-state index in [-0.39, 0.29) is 0 Å². The topological polar surface area (TPSA) is 64.8 Å². The fourth-order valence-corrected chi connectivity index (χ4v) is 1.19. The van der Waals surface area contributed by atoms with Gasteiger partial charge in [0.1, 0.15) is 18.0 Å². The van der Waals surface area contributed by atoms with E-state index in [0.29, 0.717) is 5.82 Å². The molecule has 14 heavy (non-hydrogen) atoms. The van der Waals surface area contributed by atoms with Gasteiger partial charge in [-0.25, -0.2) is 9.97 Å². The van der Waals surface area contributed by atoms with E-state index in [0.717, 1.165) is 18.9 Å². The molecule has 0 atom stereocenters. The standard InChI is InChI=1S/C9H13N5/c1-3-14(4-2)9-5-8(11-6-10)12-7-13-9/h5,7H,3-4H2,1-2H3,(H,11,12,13). The van der Waals surface area contributed by atoms with Crippen LogP contribution in [0.25, 0.3) is 0 Å². The summed E-state index contributed by atoms with van der Waals surface area (Å²) in [4.78, 5) is 10.1. The van der Waals surface area contributed by atoms with Crippen molar-refractivity contribution in [3.8, 4) is 6.19 Å². The van der Waals surface area contributed by atoms with Gasteiger partial charge in [-0.3, -0.25) is 5.32 Å². The van der Waals surface area contributed by atoms with Gasteiger partial charge in [0.15, 0.2) is 6.19 Å². The van der Waals surface area contributed by atoms with Gasteiger partial charge in [-0.15, -0.1) is 0 Å². The highest BCUT2D eigenvalue weighted by atomic mass is 15.2. The Morgan fingerprint density at radius 3 is 2.71 bits per heavy atom. The number of nitriles is 1. The molecule has 0 saturated heterocycles. The molecule has 1 rings (SSSR count). The van der Waals surface area contributed by atoms with Crippen LogP contribution >= 0.6 is 0 Å². The van der Waals surface area contributed by atoms with Crippen molar-refractivity contribution < 1.29 is 0 Å². The third-order valence-corrected chi connectivity index (χ3v) is 1.92. The summed E-state index contributed by atoms with van der Waals surface area (Å²) < 4.78 is 0. The van der Waals surface area contributed by atoms with Crippen LogP contribution in [0.1, 0.15) is 13.8 Å². The highest BCUT2D eigenvalue weighted by Gasteiger charge is 2.03. The second kappa shape index (κ2) is 5.02. The Hall–Kier alpha value is -1.83. The second-order valence-corrected chi connectivity index (χ2v) is 2.67. The van der Waals surface area contributed by atoms with E-state index >= 15 is 0 Å². The highest BCUT2D eigenvalue weighted by molar-refractivity contribution is 5.49. The molecule has 5 nitrogen and oxygen atoms in total. The first-order chi connectivity index (χ1) is 6.81. The highest BCUT2D eigenvalue weighted by Crippen LogP contribution is 2.12. The molecule has 1 heterocycles. The van der Waals surface area contributed by atoms with Crippen LogP contribution in [0.5, 0.6) is 0 Å². The minimum Gasteiger partial charge on any atom is -0.357 e. The van der Waals surface area contributed by atoms with Gasteiger partial charge in [-0.05, 0) is 13.8 Å². The monoisotopic (exact) mass is 191 g/mol. The lowest BCUT2D eigenvalue weighted by Crippen LogP contribution is -2.23. The van der Waals surface area contributed by atoms with Crippen molar-refractivity contribution in [3.05, 3.63) is 12.4 Å². The number of aromatic nitrogens is 2. The van der Waals surface area contributed by atoms with Crippen LogP contribution in [0, 0.1) is 11.5 Å². The van der Waals surface area contributed by atoms with Gasteiger partial charge >= 0.3 is 0 Å². The van der Waals surface area contributed by atoms with E-state index in [4.69, 9.17) is 5.26 Å². The zero-order valence-electron chi connectivity index (χ0n) is 8.36. The Bertz CT molecular complexity index is 326. The van der Waals surface area contributed by atoms with Crippen molar-refractivity contribution in [2.45, 2.75) is 13.8 Å². The molecule has 0 radical (unpaired) electrons. The normalized spacial score (nSPS) is 9.21. The lowest BCUT2D eigenvalue weighted by molar-refractivity contribution is 0.842. The van der Waals surface area contributed by atoms with E-state index < -0.39 is 0 Å². The first-order valence-electron chi connectivity index (χ1n) is 4.53. The fraction of sp³-hybridized carbons (Fsp3) is 0.444. The molecule has 0 spiro atoms. The molecule has 0 amide bonds. The molecular weight excluding hydrogens is 178 g/mol. The van der Waals surface area contributed by atoms with Crippen LogP contribution in [-0.4, -0.2) is 23.1 Å². The van der Waals surface area contributed by atoms with Gasteiger partial charge in [-0.2, -0.15) is 5.26 Å². The summed E-state index contributed by atoms with van der Waals surface area (Å²) >= 11 is 0. The zero-order valence-corrected chi connectivity index (χ0v) is 8.36. The average Bonchev–Trinajstić information content (AvgIpc) is 2.21. The van der Waals surface area contributed by atoms with E-state index in [1.165, 1.54) is 6.33 Å². The summed E-state index contributed by atoms with van der Waals surface area (Å²) in [6.07, 6.45) is 3.28. The molecule has 0 unspecified atom stereocenters. The van der Waals surface area contributed by atoms with Crippen LogP contribution < -0.4 is 10.2 Å². The number of nitrogens with zero attached hydrogens (tertiary/aromatic N) is 4. The number of rotatable bonds is 4. The maximum absolute atomic E-state index is 8.43. The number of nitrogens with one attached hydrogen (secondary N) is 1. The molecule has 1 N–H and O–H groups in total. The van der Waals surface area contributed by atoms with Crippen molar-refractivity contribution in [2.24, 2.45) is 0 Å². The van der Waals surface area contributed by atoms with Crippen molar-refractivity contribution in [3.63, 3.8) is 0 Å². The van der Waals surface area contributed by atoms with Crippen molar-refractivity contribution in [2.75, 3.05) is 23.3 Å². The summed E-state index contributed by atoms with van der Waals surface area (Å²) in [5.74, 6) is 1.37. The number of hydrogen-bond donors (Lipinski definition) is 1. The van der Waals surface area contributed by atoms with Crippen LogP contribution in [-0.2, 0) is 0 Å². The Labute approximate surface area is 83.4 Å². The van der Waals surface area contributed by atoms with E-state index in [1.54, 1.807) is 6.07 Å². The largest absolute Gasteiger partial charge is 0.357 e. The van der Waals surface area contributed by atoms with Crippen LogP contribution in [0.15, 0.2) is 12.4 Å². The number of hydrogen-bond acceptors (Lipinski definition) is 5. The summed E-state index contributed by atoms with van der Waals surface area (Å²) in [6.45, 7) is 5.89. The molecule has 5 heteroatoms.